The van der Waals surface area contributed by atoms with Crippen molar-refractivity contribution in [3.05, 3.63) is 95.4 Å². The van der Waals surface area contributed by atoms with Crippen molar-refractivity contribution < 1.29 is 13.6 Å². The predicted octanol–water partition coefficient (Wildman–Crippen LogP) is 3.88. The zero-order chi connectivity index (χ0) is 18.6. The lowest BCUT2D eigenvalue weighted by Gasteiger charge is -2.04. The van der Waals surface area contributed by atoms with Gasteiger partial charge in [0, 0.05) is 11.8 Å². The van der Waals surface area contributed by atoms with E-state index in [1.54, 1.807) is 42.6 Å². The molecule has 0 atom stereocenters. The van der Waals surface area contributed by atoms with Crippen molar-refractivity contribution in [1.29, 1.82) is 0 Å². The number of halogens is 1. The van der Waals surface area contributed by atoms with Crippen LogP contribution in [0.1, 0.15) is 27.5 Å². The topological polar surface area (TPSA) is 68.0 Å². The van der Waals surface area contributed by atoms with Crippen LogP contribution in [0.2, 0.25) is 0 Å². The Morgan fingerprint density at radius 3 is 2.74 bits per heavy atom. The summed E-state index contributed by atoms with van der Waals surface area (Å²) >= 11 is 0. The lowest BCUT2D eigenvalue weighted by Crippen LogP contribution is -2.23. The molecule has 0 bridgehead atoms. The van der Waals surface area contributed by atoms with Crippen LogP contribution in [0.25, 0.3) is 11.1 Å². The van der Waals surface area contributed by atoms with Gasteiger partial charge in [-0.1, -0.05) is 24.3 Å². The summed E-state index contributed by atoms with van der Waals surface area (Å²) in [5, 5.41) is 2.82. The molecule has 0 aliphatic heterocycles. The summed E-state index contributed by atoms with van der Waals surface area (Å²) < 4.78 is 19.5. The first-order chi connectivity index (χ1) is 13.2. The molecule has 5 nitrogen and oxygen atoms in total. The maximum Gasteiger partial charge on any atom is 0.251 e. The van der Waals surface area contributed by atoms with E-state index < -0.39 is 0 Å². The van der Waals surface area contributed by atoms with Gasteiger partial charge >= 0.3 is 0 Å². The van der Waals surface area contributed by atoms with E-state index >= 15 is 0 Å². The number of nitrogens with zero attached hydrogens (tertiary/aromatic N) is 2. The Bertz CT molecular complexity index is 1090. The summed E-state index contributed by atoms with van der Waals surface area (Å²) in [6.07, 6.45) is 1.93. The predicted molar refractivity (Wildman–Crippen MR) is 98.6 cm³/mol. The van der Waals surface area contributed by atoms with Gasteiger partial charge in [-0.15, -0.1) is 0 Å². The van der Waals surface area contributed by atoms with Crippen molar-refractivity contribution in [2.24, 2.45) is 0 Å². The first kappa shape index (κ1) is 16.9. The molecule has 0 saturated heterocycles. The number of aromatic nitrogens is 2. The molecule has 4 aromatic rings. The van der Waals surface area contributed by atoms with E-state index in [-0.39, 0.29) is 18.1 Å². The molecular formula is C21H16FN3O2. The number of rotatable bonds is 5. The zero-order valence-electron chi connectivity index (χ0n) is 14.4. The number of amides is 1. The Hall–Kier alpha value is -3.54. The summed E-state index contributed by atoms with van der Waals surface area (Å²) in [6.45, 7) is 0.340. The van der Waals surface area contributed by atoms with Gasteiger partial charge in [0.15, 0.2) is 11.5 Å². The SMILES string of the molecule is O=C(NCc1ccccn1)c1ccc2nc(Cc3ccccc3F)oc2c1. The van der Waals surface area contributed by atoms with Crippen molar-refractivity contribution >= 4 is 17.0 Å². The highest BCUT2D eigenvalue weighted by molar-refractivity contribution is 5.96. The third kappa shape index (κ3) is 3.84. The third-order valence-corrected chi connectivity index (χ3v) is 4.15. The molecule has 0 saturated carbocycles. The summed E-state index contributed by atoms with van der Waals surface area (Å²) in [5.74, 6) is -0.120. The van der Waals surface area contributed by atoms with E-state index in [0.717, 1.165) is 5.69 Å². The normalized spacial score (nSPS) is 10.9. The van der Waals surface area contributed by atoms with E-state index in [1.165, 1.54) is 6.07 Å². The Morgan fingerprint density at radius 2 is 1.93 bits per heavy atom. The number of pyridine rings is 1. The summed E-state index contributed by atoms with van der Waals surface area (Å²) in [4.78, 5) is 20.9. The van der Waals surface area contributed by atoms with Crippen LogP contribution in [0.4, 0.5) is 4.39 Å². The van der Waals surface area contributed by atoms with E-state index in [4.69, 9.17) is 4.42 Å². The third-order valence-electron chi connectivity index (χ3n) is 4.15. The minimum Gasteiger partial charge on any atom is -0.440 e. The van der Waals surface area contributed by atoms with Crippen LogP contribution in [-0.4, -0.2) is 15.9 Å². The van der Waals surface area contributed by atoms with Crippen LogP contribution in [0.3, 0.4) is 0 Å². The fraction of sp³-hybridized carbons (Fsp3) is 0.0952. The summed E-state index contributed by atoms with van der Waals surface area (Å²) in [6, 6.07) is 17.1. The summed E-state index contributed by atoms with van der Waals surface area (Å²) in [7, 11) is 0. The first-order valence-corrected chi connectivity index (χ1v) is 8.50. The minimum absolute atomic E-state index is 0.227. The van der Waals surface area contributed by atoms with Crippen LogP contribution < -0.4 is 5.32 Å². The highest BCUT2D eigenvalue weighted by Crippen LogP contribution is 2.20. The number of carbonyl (C=O) groups excluding carboxylic acids is 1. The van der Waals surface area contributed by atoms with Crippen molar-refractivity contribution in [1.82, 2.24) is 15.3 Å². The van der Waals surface area contributed by atoms with Gasteiger partial charge in [0.25, 0.3) is 5.91 Å². The van der Waals surface area contributed by atoms with Gasteiger partial charge in [0.1, 0.15) is 11.3 Å². The van der Waals surface area contributed by atoms with Crippen molar-refractivity contribution in [3.8, 4) is 0 Å². The van der Waals surface area contributed by atoms with E-state index in [9.17, 15) is 9.18 Å². The second-order valence-corrected chi connectivity index (χ2v) is 6.06. The summed E-state index contributed by atoms with van der Waals surface area (Å²) in [5.41, 5.74) is 2.87. The quantitative estimate of drug-likeness (QED) is 0.586. The Kier molecular flexibility index (Phi) is 4.61. The van der Waals surface area contributed by atoms with Gasteiger partial charge in [0.2, 0.25) is 0 Å². The Morgan fingerprint density at radius 1 is 1.07 bits per heavy atom. The number of carbonyl (C=O) groups is 1. The van der Waals surface area contributed by atoms with Gasteiger partial charge in [0.05, 0.1) is 18.7 Å². The molecule has 2 aromatic carbocycles. The van der Waals surface area contributed by atoms with E-state index in [0.29, 0.717) is 34.7 Å². The lowest BCUT2D eigenvalue weighted by atomic mass is 10.1. The van der Waals surface area contributed by atoms with Gasteiger partial charge < -0.3 is 9.73 Å². The smallest absolute Gasteiger partial charge is 0.251 e. The molecule has 1 N–H and O–H groups in total. The van der Waals surface area contributed by atoms with Gasteiger partial charge in [-0.3, -0.25) is 9.78 Å². The molecular weight excluding hydrogens is 345 g/mol. The largest absolute Gasteiger partial charge is 0.440 e. The van der Waals surface area contributed by atoms with Crippen molar-refractivity contribution in [2.75, 3.05) is 0 Å². The molecule has 134 valence electrons. The van der Waals surface area contributed by atoms with Gasteiger partial charge in [-0.2, -0.15) is 0 Å². The number of hydrogen-bond acceptors (Lipinski definition) is 4. The molecule has 0 aliphatic carbocycles. The Balaban J connectivity index is 1.50. The molecule has 6 heteroatoms. The van der Waals surface area contributed by atoms with E-state index in [2.05, 4.69) is 15.3 Å². The maximum absolute atomic E-state index is 13.8. The average molecular weight is 361 g/mol. The monoisotopic (exact) mass is 361 g/mol. The van der Waals surface area contributed by atoms with Crippen LogP contribution in [0.5, 0.6) is 0 Å². The standard InChI is InChI=1S/C21H16FN3O2/c22-17-7-2-1-5-14(17)12-20-25-18-9-8-15(11-19(18)27-20)21(26)24-13-16-6-3-4-10-23-16/h1-11H,12-13H2,(H,24,26). The second kappa shape index (κ2) is 7.37. The minimum atomic E-state index is -0.297. The first-order valence-electron chi connectivity index (χ1n) is 8.50. The fourth-order valence-electron chi connectivity index (χ4n) is 2.77. The van der Waals surface area contributed by atoms with Crippen LogP contribution >= 0.6 is 0 Å². The molecule has 27 heavy (non-hydrogen) atoms. The molecule has 4 rings (SSSR count). The number of fused-ring (bicyclic) bond motifs is 1. The average Bonchev–Trinajstić information content (AvgIpc) is 3.10. The molecule has 2 aromatic heterocycles. The van der Waals surface area contributed by atoms with Gasteiger partial charge in [-0.05, 0) is 42.0 Å². The highest BCUT2D eigenvalue weighted by Gasteiger charge is 2.12. The van der Waals surface area contributed by atoms with Crippen molar-refractivity contribution in [3.63, 3.8) is 0 Å². The molecule has 0 spiro atoms. The number of oxazole rings is 1. The fourth-order valence-corrected chi connectivity index (χ4v) is 2.77. The zero-order valence-corrected chi connectivity index (χ0v) is 14.4. The molecule has 0 fully saturated rings. The number of nitrogens with one attached hydrogen (secondary N) is 1. The second-order valence-electron chi connectivity index (χ2n) is 6.06. The molecule has 2 heterocycles. The lowest BCUT2D eigenvalue weighted by molar-refractivity contribution is 0.0950. The van der Waals surface area contributed by atoms with Crippen LogP contribution in [0, 0.1) is 5.82 Å². The number of hydrogen-bond donors (Lipinski definition) is 1. The molecule has 0 unspecified atom stereocenters. The van der Waals surface area contributed by atoms with Crippen molar-refractivity contribution in [2.45, 2.75) is 13.0 Å². The highest BCUT2D eigenvalue weighted by atomic mass is 19.1. The molecule has 1 amide bonds. The molecule has 0 aliphatic rings. The maximum atomic E-state index is 13.8. The van der Waals surface area contributed by atoms with Crippen LogP contribution in [-0.2, 0) is 13.0 Å². The van der Waals surface area contributed by atoms with Gasteiger partial charge in [-0.25, -0.2) is 9.37 Å². The number of benzene rings is 2. The van der Waals surface area contributed by atoms with Crippen LogP contribution in [0.15, 0.2) is 71.3 Å². The van der Waals surface area contributed by atoms with E-state index in [1.807, 2.05) is 18.2 Å². The Labute approximate surface area is 154 Å². The molecule has 0 radical (unpaired) electrons.